The van der Waals surface area contributed by atoms with Crippen LogP contribution < -0.4 is 5.32 Å². The smallest absolute Gasteiger partial charge is 0.349 e. The Hall–Kier alpha value is -1.07. The lowest BCUT2D eigenvalue weighted by Gasteiger charge is -2.18. The summed E-state index contributed by atoms with van der Waals surface area (Å²) >= 11 is 0. The molecular weight excluding hydrogens is 161 g/mol. The van der Waals surface area contributed by atoms with Crippen LogP contribution in [0.2, 0.25) is 0 Å². The molecule has 0 fully saturated rings. The maximum atomic E-state index is 11.8. The highest BCUT2D eigenvalue weighted by Gasteiger charge is 2.45. The van der Waals surface area contributed by atoms with Crippen LogP contribution in [-0.4, -0.2) is 30.9 Å². The van der Waals surface area contributed by atoms with Gasteiger partial charge in [0.25, 0.3) is 5.91 Å². The Morgan fingerprint density at radius 3 is 2.64 bits per heavy atom. The highest BCUT2D eigenvalue weighted by molar-refractivity contribution is 5.88. The summed E-state index contributed by atoms with van der Waals surface area (Å²) in [6, 6.07) is -2.21. The third kappa shape index (κ3) is 1.69. The Kier molecular flexibility index (Phi) is 1.84. The van der Waals surface area contributed by atoms with Gasteiger partial charge in [0.05, 0.1) is 6.54 Å². The number of carbonyl (C=O) groups excluding carboxylic acids is 1. The van der Waals surface area contributed by atoms with Crippen molar-refractivity contribution < 1.29 is 18.0 Å². The summed E-state index contributed by atoms with van der Waals surface area (Å²) in [7, 11) is 0. The molecule has 1 aliphatic heterocycles. The van der Waals surface area contributed by atoms with Crippen LogP contribution in [-0.2, 0) is 4.79 Å². The lowest BCUT2D eigenvalue weighted by atomic mass is 10.2. The van der Waals surface area contributed by atoms with Crippen molar-refractivity contribution in [3.8, 4) is 0 Å². The average molecular weight is 166 g/mol. The molecule has 0 radical (unpaired) electrons. The van der Waals surface area contributed by atoms with Gasteiger partial charge in [0.1, 0.15) is 0 Å². The molecule has 6 heteroatoms. The minimum atomic E-state index is -4.57. The van der Waals surface area contributed by atoms with E-state index in [1.807, 2.05) is 5.32 Å². The second-order valence-electron chi connectivity index (χ2n) is 2.02. The van der Waals surface area contributed by atoms with Crippen molar-refractivity contribution in [1.29, 1.82) is 0 Å². The van der Waals surface area contributed by atoms with Gasteiger partial charge < -0.3 is 5.32 Å². The van der Waals surface area contributed by atoms with Gasteiger partial charge in [-0.1, -0.05) is 0 Å². The first-order valence-corrected chi connectivity index (χ1v) is 2.88. The quantitative estimate of drug-likeness (QED) is 0.545. The van der Waals surface area contributed by atoms with E-state index < -0.39 is 18.1 Å². The first-order valence-electron chi connectivity index (χ1n) is 2.88. The lowest BCUT2D eigenvalue weighted by Crippen LogP contribution is -2.46. The standard InChI is InChI=1S/C5H5F3N2O/c6-5(7,8)3-4(11)10-2-1-9-3/h1,3H,2H2,(H,10,11). The molecule has 1 N–H and O–H groups in total. The predicted octanol–water partition coefficient (Wildman–Crippen LogP) is 0.118. The van der Waals surface area contributed by atoms with Gasteiger partial charge in [-0.2, -0.15) is 13.2 Å². The fourth-order valence-electron chi connectivity index (χ4n) is 0.702. The summed E-state index contributed by atoms with van der Waals surface area (Å²) in [6.07, 6.45) is -3.53. The Labute approximate surface area is 60.3 Å². The molecule has 1 amide bonds. The molecule has 62 valence electrons. The van der Waals surface area contributed by atoms with Crippen molar-refractivity contribution in [3.63, 3.8) is 0 Å². The summed E-state index contributed by atoms with van der Waals surface area (Å²) in [6.45, 7) is 0.0748. The van der Waals surface area contributed by atoms with Crippen molar-refractivity contribution in [2.45, 2.75) is 12.2 Å². The Balaban J connectivity index is 2.77. The summed E-state index contributed by atoms with van der Waals surface area (Å²) in [5.74, 6) is -1.08. The zero-order valence-corrected chi connectivity index (χ0v) is 5.35. The molecule has 0 saturated heterocycles. The molecule has 1 unspecified atom stereocenters. The van der Waals surface area contributed by atoms with E-state index >= 15 is 0 Å². The van der Waals surface area contributed by atoms with Gasteiger partial charge in [0, 0.05) is 6.21 Å². The van der Waals surface area contributed by atoms with Crippen LogP contribution in [0, 0.1) is 0 Å². The normalized spacial score (nSPS) is 25.0. The van der Waals surface area contributed by atoms with Gasteiger partial charge >= 0.3 is 6.18 Å². The number of amides is 1. The molecular formula is C5H5F3N2O. The second kappa shape index (κ2) is 2.52. The van der Waals surface area contributed by atoms with Crippen LogP contribution in [0.5, 0.6) is 0 Å². The predicted molar refractivity (Wildman–Crippen MR) is 31.3 cm³/mol. The van der Waals surface area contributed by atoms with Crippen molar-refractivity contribution in [1.82, 2.24) is 5.32 Å². The third-order valence-corrected chi connectivity index (χ3v) is 1.18. The molecule has 0 saturated carbocycles. The number of aliphatic imine (C=N–C) groups is 1. The van der Waals surface area contributed by atoms with Crippen LogP contribution in [0.25, 0.3) is 0 Å². The SMILES string of the molecule is O=C1NCC=NC1C(F)(F)F. The first-order chi connectivity index (χ1) is 5.02. The first kappa shape index (κ1) is 8.03. The van der Waals surface area contributed by atoms with E-state index in [9.17, 15) is 18.0 Å². The molecule has 1 aliphatic rings. The van der Waals surface area contributed by atoms with Crippen LogP contribution >= 0.6 is 0 Å². The monoisotopic (exact) mass is 166 g/mol. The van der Waals surface area contributed by atoms with Crippen LogP contribution in [0.15, 0.2) is 4.99 Å². The fraction of sp³-hybridized carbons (Fsp3) is 0.600. The van der Waals surface area contributed by atoms with Gasteiger partial charge in [-0.25, -0.2) is 0 Å². The molecule has 1 atom stereocenters. The maximum Gasteiger partial charge on any atom is 0.419 e. The molecule has 0 bridgehead atoms. The highest BCUT2D eigenvalue weighted by Crippen LogP contribution is 2.23. The number of rotatable bonds is 0. The van der Waals surface area contributed by atoms with Gasteiger partial charge in [-0.15, -0.1) is 0 Å². The largest absolute Gasteiger partial charge is 0.419 e. The van der Waals surface area contributed by atoms with E-state index in [1.54, 1.807) is 0 Å². The molecule has 0 spiro atoms. The fourth-order valence-corrected chi connectivity index (χ4v) is 0.702. The van der Waals surface area contributed by atoms with Crippen molar-refractivity contribution in [2.75, 3.05) is 6.54 Å². The zero-order valence-electron chi connectivity index (χ0n) is 5.35. The second-order valence-corrected chi connectivity index (χ2v) is 2.02. The molecule has 0 aromatic heterocycles. The van der Waals surface area contributed by atoms with Crippen molar-refractivity contribution in [3.05, 3.63) is 0 Å². The van der Waals surface area contributed by atoms with Crippen LogP contribution in [0.3, 0.4) is 0 Å². The third-order valence-electron chi connectivity index (χ3n) is 1.18. The topological polar surface area (TPSA) is 41.5 Å². The van der Waals surface area contributed by atoms with E-state index in [4.69, 9.17) is 0 Å². The molecule has 0 aromatic rings. The molecule has 1 heterocycles. The van der Waals surface area contributed by atoms with E-state index in [-0.39, 0.29) is 6.54 Å². The molecule has 11 heavy (non-hydrogen) atoms. The number of hydrogen-bond acceptors (Lipinski definition) is 2. The van der Waals surface area contributed by atoms with Gasteiger partial charge in [0.15, 0.2) is 0 Å². The van der Waals surface area contributed by atoms with Crippen molar-refractivity contribution in [2.24, 2.45) is 4.99 Å². The Morgan fingerprint density at radius 1 is 1.64 bits per heavy atom. The van der Waals surface area contributed by atoms with E-state index in [2.05, 4.69) is 4.99 Å². The van der Waals surface area contributed by atoms with Gasteiger partial charge in [-0.3, -0.25) is 9.79 Å². The summed E-state index contributed by atoms with van der Waals surface area (Å²) in [5.41, 5.74) is 0. The van der Waals surface area contributed by atoms with Gasteiger partial charge in [-0.05, 0) is 0 Å². The Bertz CT molecular complexity index is 198. The molecule has 0 aliphatic carbocycles. The van der Waals surface area contributed by atoms with Crippen LogP contribution in [0.4, 0.5) is 13.2 Å². The summed E-state index contributed by atoms with van der Waals surface area (Å²) in [4.78, 5) is 13.5. The number of carbonyl (C=O) groups is 1. The molecule has 1 rings (SSSR count). The highest BCUT2D eigenvalue weighted by atomic mass is 19.4. The number of nitrogens with zero attached hydrogens (tertiary/aromatic N) is 1. The van der Waals surface area contributed by atoms with E-state index in [1.165, 1.54) is 0 Å². The maximum absolute atomic E-state index is 11.8. The minimum Gasteiger partial charge on any atom is -0.349 e. The number of hydrogen-bond donors (Lipinski definition) is 1. The average Bonchev–Trinajstić information content (AvgIpc) is 1.86. The zero-order chi connectivity index (χ0) is 8.48. The summed E-state index contributed by atoms with van der Waals surface area (Å²) < 4.78 is 35.5. The van der Waals surface area contributed by atoms with Crippen LogP contribution in [0.1, 0.15) is 0 Å². The number of alkyl halides is 3. The van der Waals surface area contributed by atoms with E-state index in [0.717, 1.165) is 6.21 Å². The molecule has 3 nitrogen and oxygen atoms in total. The number of nitrogens with one attached hydrogen (secondary N) is 1. The minimum absolute atomic E-state index is 0.0748. The Morgan fingerprint density at radius 2 is 2.27 bits per heavy atom. The van der Waals surface area contributed by atoms with Crippen molar-refractivity contribution >= 4 is 12.1 Å². The van der Waals surface area contributed by atoms with E-state index in [0.29, 0.717) is 0 Å². The lowest BCUT2D eigenvalue weighted by molar-refractivity contribution is -0.162. The molecule has 0 aromatic carbocycles. The van der Waals surface area contributed by atoms with Gasteiger partial charge in [0.2, 0.25) is 6.04 Å². The summed E-state index contributed by atoms with van der Waals surface area (Å²) in [5, 5.41) is 2.03. The number of halogens is 3.